The first-order valence-electron chi connectivity index (χ1n) is 4.97. The van der Waals surface area contributed by atoms with E-state index in [1.54, 1.807) is 18.2 Å². The molecular weight excluding hydrogens is 325 g/mol. The van der Waals surface area contributed by atoms with Crippen molar-refractivity contribution in [3.05, 3.63) is 27.7 Å². The van der Waals surface area contributed by atoms with Crippen LogP contribution >= 0.6 is 27.5 Å². The van der Waals surface area contributed by atoms with E-state index >= 15 is 0 Å². The molecule has 1 aromatic rings. The Morgan fingerprint density at radius 2 is 2.17 bits per heavy atom. The van der Waals surface area contributed by atoms with Crippen LogP contribution in [0, 0.1) is 0 Å². The zero-order chi connectivity index (χ0) is 13.7. The summed E-state index contributed by atoms with van der Waals surface area (Å²) >= 11 is 8.99. The van der Waals surface area contributed by atoms with Gasteiger partial charge in [-0.3, -0.25) is 4.79 Å². The number of carbonyl (C=O) groups excluding carboxylic acids is 2. The number of nitrogens with two attached hydrogens (primary N) is 1. The molecule has 0 fully saturated rings. The number of ether oxygens (including phenoxy) is 2. The second-order valence-electron chi connectivity index (χ2n) is 3.40. The van der Waals surface area contributed by atoms with E-state index in [9.17, 15) is 9.59 Å². The highest BCUT2D eigenvalue weighted by molar-refractivity contribution is 9.10. The summed E-state index contributed by atoms with van der Waals surface area (Å²) in [6.07, 6.45) is -0.977. The number of halogens is 2. The number of primary amides is 1. The van der Waals surface area contributed by atoms with Crippen LogP contribution in [0.3, 0.4) is 0 Å². The van der Waals surface area contributed by atoms with Crippen LogP contribution in [-0.4, -0.2) is 24.6 Å². The average molecular weight is 337 g/mol. The third kappa shape index (κ3) is 4.54. The maximum absolute atomic E-state index is 11.3. The number of rotatable bonds is 5. The maximum Gasteiger partial charge on any atom is 0.344 e. The van der Waals surface area contributed by atoms with E-state index in [-0.39, 0.29) is 6.61 Å². The van der Waals surface area contributed by atoms with E-state index in [0.717, 1.165) is 0 Å². The Kier molecular flexibility index (Phi) is 5.43. The fourth-order valence-electron chi connectivity index (χ4n) is 1.02. The first-order chi connectivity index (χ1) is 8.40. The molecule has 0 heterocycles. The second-order valence-corrected chi connectivity index (χ2v) is 4.69. The highest BCUT2D eigenvalue weighted by Crippen LogP contribution is 2.27. The Morgan fingerprint density at radius 1 is 1.50 bits per heavy atom. The molecule has 0 aliphatic heterocycles. The lowest BCUT2D eigenvalue weighted by molar-refractivity contribution is -0.155. The molecule has 2 N–H and O–H groups in total. The summed E-state index contributed by atoms with van der Waals surface area (Å²) in [5, 5.41) is 0.541. The second kappa shape index (κ2) is 6.61. The third-order valence-corrected chi connectivity index (χ3v) is 2.80. The lowest BCUT2D eigenvalue weighted by atomic mass is 10.3. The van der Waals surface area contributed by atoms with Crippen LogP contribution in [-0.2, 0) is 14.3 Å². The minimum Gasteiger partial charge on any atom is -0.481 e. The summed E-state index contributed by atoms with van der Waals surface area (Å²) in [5.41, 5.74) is 4.95. The van der Waals surface area contributed by atoms with Crippen molar-refractivity contribution in [1.29, 1.82) is 0 Å². The van der Waals surface area contributed by atoms with E-state index in [4.69, 9.17) is 26.8 Å². The molecule has 98 valence electrons. The lowest BCUT2D eigenvalue weighted by Crippen LogP contribution is -2.32. The molecular formula is C11H11BrClNO4. The van der Waals surface area contributed by atoms with Crippen LogP contribution in [0.5, 0.6) is 5.75 Å². The first-order valence-corrected chi connectivity index (χ1v) is 6.14. The normalized spacial score (nSPS) is 11.7. The fraction of sp³-hybridized carbons (Fsp3) is 0.273. The van der Waals surface area contributed by atoms with Gasteiger partial charge in [0, 0.05) is 5.02 Å². The summed E-state index contributed by atoms with van der Waals surface area (Å²) in [7, 11) is 0. The summed E-state index contributed by atoms with van der Waals surface area (Å²) < 4.78 is 10.5. The van der Waals surface area contributed by atoms with Gasteiger partial charge in [0.2, 0.25) is 0 Å². The molecule has 1 atom stereocenters. The van der Waals surface area contributed by atoms with Gasteiger partial charge in [-0.2, -0.15) is 0 Å². The minimum absolute atomic E-state index is 0.322. The molecule has 1 aromatic carbocycles. The monoisotopic (exact) mass is 335 g/mol. The van der Waals surface area contributed by atoms with Gasteiger partial charge in [-0.15, -0.1) is 0 Å². The smallest absolute Gasteiger partial charge is 0.344 e. The van der Waals surface area contributed by atoms with E-state index in [2.05, 4.69) is 15.9 Å². The van der Waals surface area contributed by atoms with Crippen molar-refractivity contribution in [1.82, 2.24) is 0 Å². The third-order valence-electron chi connectivity index (χ3n) is 1.95. The van der Waals surface area contributed by atoms with E-state index in [1.165, 1.54) is 6.92 Å². The van der Waals surface area contributed by atoms with Gasteiger partial charge >= 0.3 is 5.97 Å². The molecule has 0 saturated heterocycles. The Morgan fingerprint density at radius 3 is 2.72 bits per heavy atom. The van der Waals surface area contributed by atoms with Gasteiger partial charge < -0.3 is 15.2 Å². The zero-order valence-corrected chi connectivity index (χ0v) is 11.8. The summed E-state index contributed by atoms with van der Waals surface area (Å²) in [4.78, 5) is 22.0. The largest absolute Gasteiger partial charge is 0.481 e. The number of hydrogen-bond donors (Lipinski definition) is 1. The number of benzene rings is 1. The van der Waals surface area contributed by atoms with Crippen LogP contribution in [0.15, 0.2) is 22.7 Å². The van der Waals surface area contributed by atoms with Crippen molar-refractivity contribution < 1.29 is 19.1 Å². The Hall–Kier alpha value is -1.27. The topological polar surface area (TPSA) is 78.6 Å². The molecule has 0 aromatic heterocycles. The first kappa shape index (κ1) is 14.8. The van der Waals surface area contributed by atoms with Crippen molar-refractivity contribution in [2.24, 2.45) is 5.73 Å². The minimum atomic E-state index is -0.977. The van der Waals surface area contributed by atoms with Gasteiger partial charge in [0.25, 0.3) is 5.91 Å². The van der Waals surface area contributed by atoms with Gasteiger partial charge in [-0.25, -0.2) is 4.79 Å². The van der Waals surface area contributed by atoms with Crippen LogP contribution in [0.2, 0.25) is 5.02 Å². The van der Waals surface area contributed by atoms with E-state index < -0.39 is 18.0 Å². The van der Waals surface area contributed by atoms with Crippen LogP contribution in [0.1, 0.15) is 6.92 Å². The molecule has 0 spiro atoms. The predicted octanol–water partition coefficient (Wildman–Crippen LogP) is 1.90. The number of carbonyl (C=O) groups is 2. The number of esters is 1. The molecule has 5 nitrogen and oxygen atoms in total. The number of hydrogen-bond acceptors (Lipinski definition) is 4. The molecule has 0 unspecified atom stereocenters. The Balaban J connectivity index is 2.50. The molecule has 0 bridgehead atoms. The van der Waals surface area contributed by atoms with Gasteiger partial charge in [-0.1, -0.05) is 11.6 Å². The Bertz CT molecular complexity index is 466. The summed E-state index contributed by atoms with van der Waals surface area (Å²) in [6.45, 7) is 1.07. The highest BCUT2D eigenvalue weighted by Gasteiger charge is 2.15. The molecule has 1 amide bonds. The number of amides is 1. The lowest BCUT2D eigenvalue weighted by Gasteiger charge is -2.11. The molecule has 1 rings (SSSR count). The van der Waals surface area contributed by atoms with E-state index in [0.29, 0.717) is 15.2 Å². The van der Waals surface area contributed by atoms with Crippen molar-refractivity contribution in [3.8, 4) is 5.75 Å². The zero-order valence-electron chi connectivity index (χ0n) is 9.48. The van der Waals surface area contributed by atoms with Gasteiger partial charge in [0.15, 0.2) is 12.7 Å². The van der Waals surface area contributed by atoms with Crippen molar-refractivity contribution in [3.63, 3.8) is 0 Å². The predicted molar refractivity (Wildman–Crippen MR) is 69.4 cm³/mol. The van der Waals surface area contributed by atoms with E-state index in [1.807, 2.05) is 0 Å². The van der Waals surface area contributed by atoms with Crippen molar-refractivity contribution >= 4 is 39.4 Å². The molecule has 18 heavy (non-hydrogen) atoms. The quantitative estimate of drug-likeness (QED) is 0.833. The molecule has 0 aliphatic carbocycles. The van der Waals surface area contributed by atoms with Gasteiger partial charge in [-0.05, 0) is 41.1 Å². The molecule has 7 heteroatoms. The van der Waals surface area contributed by atoms with Gasteiger partial charge in [0.05, 0.1) is 4.47 Å². The van der Waals surface area contributed by atoms with Crippen molar-refractivity contribution in [2.45, 2.75) is 13.0 Å². The van der Waals surface area contributed by atoms with Crippen LogP contribution < -0.4 is 10.5 Å². The van der Waals surface area contributed by atoms with Crippen LogP contribution in [0.25, 0.3) is 0 Å². The Labute approximate surface area is 117 Å². The maximum atomic E-state index is 11.3. The fourth-order valence-corrected chi connectivity index (χ4v) is 1.82. The molecule has 0 aliphatic rings. The SMILES string of the molecule is C[C@@H](OC(=O)COc1ccc(Cl)cc1Br)C(N)=O. The van der Waals surface area contributed by atoms with Crippen LogP contribution in [0.4, 0.5) is 0 Å². The molecule has 0 radical (unpaired) electrons. The van der Waals surface area contributed by atoms with Crippen molar-refractivity contribution in [2.75, 3.05) is 6.61 Å². The summed E-state index contributed by atoms with van der Waals surface area (Å²) in [5.74, 6) is -0.942. The summed E-state index contributed by atoms with van der Waals surface area (Å²) in [6, 6.07) is 4.87. The standard InChI is InChI=1S/C11H11BrClNO4/c1-6(11(14)16)18-10(15)5-17-9-3-2-7(13)4-8(9)12/h2-4,6H,5H2,1H3,(H2,14,16)/t6-/m1/s1. The molecule has 0 saturated carbocycles. The highest BCUT2D eigenvalue weighted by atomic mass is 79.9. The van der Waals surface area contributed by atoms with Gasteiger partial charge in [0.1, 0.15) is 5.75 Å². The average Bonchev–Trinajstić information content (AvgIpc) is 2.27.